The number of nitrogens with one attached hydrogen (secondary N) is 1. The Bertz CT molecular complexity index is 783. The Morgan fingerprint density at radius 1 is 1.62 bits per heavy atom. The third kappa shape index (κ3) is 2.15. The van der Waals surface area contributed by atoms with Gasteiger partial charge in [0.2, 0.25) is 11.8 Å². The van der Waals surface area contributed by atoms with E-state index in [1.54, 1.807) is 11.3 Å². The maximum Gasteiger partial charge on any atom is 0.244 e. The minimum Gasteiger partial charge on any atom is -0.420 e. The van der Waals surface area contributed by atoms with Crippen LogP contribution in [0.15, 0.2) is 22.0 Å². The van der Waals surface area contributed by atoms with Gasteiger partial charge in [0.05, 0.1) is 11.5 Å². The zero-order valence-corrected chi connectivity index (χ0v) is 13.9. The van der Waals surface area contributed by atoms with Crippen LogP contribution in [0.5, 0.6) is 5.88 Å². The number of nitrogens with zero attached hydrogens (tertiary/aromatic N) is 2. The van der Waals surface area contributed by atoms with Crippen LogP contribution in [-0.4, -0.2) is 10.2 Å². The fourth-order valence-corrected chi connectivity index (χ4v) is 4.53. The number of allylic oxidation sites excluding steroid dienone is 1. The summed E-state index contributed by atoms with van der Waals surface area (Å²) in [5, 5.41) is 16.5. The predicted octanol–water partition coefficient (Wildman–Crippen LogP) is 3.32. The molecule has 5 nitrogen and oxygen atoms in total. The molecule has 0 fully saturated rings. The van der Waals surface area contributed by atoms with Gasteiger partial charge in [-0.15, -0.1) is 16.4 Å². The molecule has 7 heteroatoms. The molecular formula is C14H13BrN4OS. The van der Waals surface area contributed by atoms with Crippen molar-refractivity contribution in [3.05, 3.63) is 43.0 Å². The van der Waals surface area contributed by atoms with E-state index < -0.39 is 0 Å². The van der Waals surface area contributed by atoms with Crippen LogP contribution < -0.4 is 10.5 Å². The number of hydrogen-bond donors (Lipinski definition) is 2. The lowest BCUT2D eigenvalue weighted by Gasteiger charge is -2.22. The first-order chi connectivity index (χ1) is 10.1. The molecule has 1 atom stereocenters. The average molecular weight is 365 g/mol. The zero-order valence-electron chi connectivity index (χ0n) is 11.5. The van der Waals surface area contributed by atoms with E-state index in [1.807, 2.05) is 6.92 Å². The number of ether oxygens (including phenoxy) is 1. The Morgan fingerprint density at radius 3 is 3.00 bits per heavy atom. The molecule has 0 unspecified atom stereocenters. The molecular weight excluding hydrogens is 352 g/mol. The molecule has 3 rings (SSSR count). The highest BCUT2D eigenvalue weighted by molar-refractivity contribution is 9.10. The molecule has 0 saturated heterocycles. The molecule has 2 aromatic heterocycles. The maximum atomic E-state index is 9.47. The van der Waals surface area contributed by atoms with Gasteiger partial charge in [0.25, 0.3) is 0 Å². The van der Waals surface area contributed by atoms with Gasteiger partial charge in [-0.25, -0.2) is 0 Å². The van der Waals surface area contributed by atoms with Crippen LogP contribution in [0.3, 0.4) is 0 Å². The van der Waals surface area contributed by atoms with Crippen LogP contribution in [-0.2, 0) is 6.42 Å². The van der Waals surface area contributed by atoms with E-state index in [4.69, 9.17) is 10.5 Å². The lowest BCUT2D eigenvalue weighted by Crippen LogP contribution is -2.20. The van der Waals surface area contributed by atoms with Crippen LogP contribution in [0.1, 0.15) is 33.9 Å². The third-order valence-corrected chi connectivity index (χ3v) is 5.83. The first kappa shape index (κ1) is 14.2. The van der Waals surface area contributed by atoms with E-state index in [9.17, 15) is 5.26 Å². The SMILES string of the molecule is CCc1sc([C@@H]2C(C#N)=C(N)Oc3n[nH]c(C)c32)cc1Br. The molecule has 108 valence electrons. The molecule has 3 heterocycles. The van der Waals surface area contributed by atoms with Gasteiger partial charge >= 0.3 is 0 Å². The maximum absolute atomic E-state index is 9.47. The van der Waals surface area contributed by atoms with Crippen molar-refractivity contribution in [2.75, 3.05) is 0 Å². The number of nitrogens with two attached hydrogens (primary N) is 1. The number of H-pyrrole nitrogens is 1. The van der Waals surface area contributed by atoms with Gasteiger partial charge in [0.15, 0.2) is 0 Å². The van der Waals surface area contributed by atoms with Gasteiger partial charge in [0, 0.05) is 19.9 Å². The summed E-state index contributed by atoms with van der Waals surface area (Å²) in [5.74, 6) is 0.361. The highest BCUT2D eigenvalue weighted by Gasteiger charge is 2.35. The van der Waals surface area contributed by atoms with Crippen molar-refractivity contribution in [1.29, 1.82) is 5.26 Å². The van der Waals surface area contributed by atoms with Crippen molar-refractivity contribution in [1.82, 2.24) is 10.2 Å². The second-order valence-electron chi connectivity index (χ2n) is 4.77. The summed E-state index contributed by atoms with van der Waals surface area (Å²) in [6.45, 7) is 4.02. The first-order valence-electron chi connectivity index (χ1n) is 6.47. The van der Waals surface area contributed by atoms with E-state index >= 15 is 0 Å². The lowest BCUT2D eigenvalue weighted by atomic mass is 9.89. The largest absolute Gasteiger partial charge is 0.420 e. The summed E-state index contributed by atoms with van der Waals surface area (Å²) in [6.07, 6.45) is 0.937. The zero-order chi connectivity index (χ0) is 15.1. The van der Waals surface area contributed by atoms with Crippen LogP contribution in [0.2, 0.25) is 0 Å². The number of fused-ring (bicyclic) bond motifs is 1. The summed E-state index contributed by atoms with van der Waals surface area (Å²) in [4.78, 5) is 2.31. The fourth-order valence-electron chi connectivity index (χ4n) is 2.49. The third-order valence-electron chi connectivity index (χ3n) is 3.51. The van der Waals surface area contributed by atoms with Gasteiger partial charge in [-0.1, -0.05) is 6.92 Å². The van der Waals surface area contributed by atoms with Crippen molar-refractivity contribution in [2.45, 2.75) is 26.2 Å². The minimum atomic E-state index is -0.223. The van der Waals surface area contributed by atoms with E-state index in [2.05, 4.69) is 45.2 Å². The molecule has 0 saturated carbocycles. The van der Waals surface area contributed by atoms with Gasteiger partial charge in [-0.3, -0.25) is 5.10 Å². The van der Waals surface area contributed by atoms with Crippen molar-refractivity contribution >= 4 is 27.3 Å². The van der Waals surface area contributed by atoms with Crippen molar-refractivity contribution < 1.29 is 4.74 Å². The molecule has 2 aromatic rings. The molecule has 0 radical (unpaired) electrons. The van der Waals surface area contributed by atoms with Crippen LogP contribution >= 0.6 is 27.3 Å². The number of aromatic amines is 1. The number of aromatic nitrogens is 2. The second-order valence-corrected chi connectivity index (χ2v) is 6.79. The Morgan fingerprint density at radius 2 is 2.38 bits per heavy atom. The highest BCUT2D eigenvalue weighted by Crippen LogP contribution is 2.46. The average Bonchev–Trinajstić information content (AvgIpc) is 3.01. The minimum absolute atomic E-state index is 0.129. The summed E-state index contributed by atoms with van der Waals surface area (Å²) in [7, 11) is 0. The molecule has 0 aliphatic carbocycles. The summed E-state index contributed by atoms with van der Waals surface area (Å²) in [6, 6.07) is 4.24. The van der Waals surface area contributed by atoms with Gasteiger partial charge in [-0.05, 0) is 35.3 Å². The monoisotopic (exact) mass is 364 g/mol. The summed E-state index contributed by atoms with van der Waals surface area (Å²) >= 11 is 5.25. The van der Waals surface area contributed by atoms with Gasteiger partial charge in [-0.2, -0.15) is 5.26 Å². The van der Waals surface area contributed by atoms with Crippen molar-refractivity contribution in [3.8, 4) is 11.9 Å². The number of hydrogen-bond acceptors (Lipinski definition) is 5. The highest BCUT2D eigenvalue weighted by atomic mass is 79.9. The van der Waals surface area contributed by atoms with E-state index in [0.717, 1.165) is 27.0 Å². The molecule has 0 amide bonds. The number of aryl methyl sites for hydroxylation is 2. The summed E-state index contributed by atoms with van der Waals surface area (Å²) in [5.41, 5.74) is 8.10. The van der Waals surface area contributed by atoms with Crippen molar-refractivity contribution in [3.63, 3.8) is 0 Å². The molecule has 3 N–H and O–H groups in total. The standard InChI is InChI=1S/C14H13BrN4OS/c1-3-9-8(15)4-10(21-9)12-7(5-16)13(17)20-14-11(12)6(2)18-19-14/h4,12H,3,17H2,1-2H3,(H,18,19)/t12-/m0/s1. The van der Waals surface area contributed by atoms with Gasteiger partial charge in [0.1, 0.15) is 11.6 Å². The smallest absolute Gasteiger partial charge is 0.244 e. The molecule has 0 bridgehead atoms. The molecule has 0 spiro atoms. The number of halogens is 1. The Kier molecular flexibility index (Phi) is 3.51. The Balaban J connectivity index is 2.22. The van der Waals surface area contributed by atoms with E-state index in [-0.39, 0.29) is 11.8 Å². The lowest BCUT2D eigenvalue weighted by molar-refractivity contribution is 0.379. The van der Waals surface area contributed by atoms with E-state index in [1.165, 1.54) is 4.88 Å². The van der Waals surface area contributed by atoms with Crippen LogP contribution in [0, 0.1) is 18.3 Å². The number of thiophene rings is 1. The molecule has 1 aliphatic heterocycles. The second kappa shape index (κ2) is 5.20. The normalized spacial score (nSPS) is 17.3. The topological polar surface area (TPSA) is 87.7 Å². The fraction of sp³-hybridized carbons (Fsp3) is 0.286. The Labute approximate surface area is 134 Å². The van der Waals surface area contributed by atoms with Crippen molar-refractivity contribution in [2.24, 2.45) is 5.73 Å². The molecule has 0 aromatic carbocycles. The molecule has 21 heavy (non-hydrogen) atoms. The number of nitriles is 1. The Hall–Kier alpha value is -1.78. The van der Waals surface area contributed by atoms with E-state index in [0.29, 0.717) is 11.5 Å². The number of rotatable bonds is 2. The molecule has 1 aliphatic rings. The predicted molar refractivity (Wildman–Crippen MR) is 84.0 cm³/mol. The quantitative estimate of drug-likeness (QED) is 0.855. The summed E-state index contributed by atoms with van der Waals surface area (Å²) < 4.78 is 6.52. The first-order valence-corrected chi connectivity index (χ1v) is 8.08. The van der Waals surface area contributed by atoms with Gasteiger partial charge < -0.3 is 10.5 Å². The van der Waals surface area contributed by atoms with Crippen LogP contribution in [0.25, 0.3) is 0 Å². The van der Waals surface area contributed by atoms with Crippen LogP contribution in [0.4, 0.5) is 0 Å².